The lowest BCUT2D eigenvalue weighted by Crippen LogP contribution is -1.89. The molecule has 0 aromatic heterocycles. The van der Waals surface area contributed by atoms with E-state index in [9.17, 15) is 0 Å². The van der Waals surface area contributed by atoms with E-state index in [0.29, 0.717) is 0 Å². The Kier molecular flexibility index (Phi) is 5.86. The van der Waals surface area contributed by atoms with Gasteiger partial charge >= 0.3 is 0 Å². The van der Waals surface area contributed by atoms with E-state index in [4.69, 9.17) is 5.41 Å². The summed E-state index contributed by atoms with van der Waals surface area (Å²) in [5.41, 5.74) is 3.29. The van der Waals surface area contributed by atoms with E-state index < -0.39 is 0 Å². The molecule has 0 unspecified atom stereocenters. The first-order valence-corrected chi connectivity index (χ1v) is 4.54. The van der Waals surface area contributed by atoms with Crippen LogP contribution in [0.5, 0.6) is 0 Å². The zero-order valence-corrected chi connectivity index (χ0v) is 8.85. The first-order valence-electron chi connectivity index (χ1n) is 4.54. The molecule has 1 N–H and O–H groups in total. The van der Waals surface area contributed by atoms with Gasteiger partial charge in [0.1, 0.15) is 0 Å². The van der Waals surface area contributed by atoms with Crippen LogP contribution in [0, 0.1) is 5.41 Å². The molecule has 0 amide bonds. The average Bonchev–Trinajstić information content (AvgIpc) is 2.00. The largest absolute Gasteiger partial charge is 0.310 e. The number of hydrogen-bond acceptors (Lipinski definition) is 1. The third kappa shape index (κ3) is 7.26. The van der Waals surface area contributed by atoms with Crippen LogP contribution in [0.1, 0.15) is 33.6 Å². The highest BCUT2D eigenvalue weighted by Gasteiger charge is 1.91. The van der Waals surface area contributed by atoms with Crippen molar-refractivity contribution in [2.24, 2.45) is 0 Å². The van der Waals surface area contributed by atoms with Crippen LogP contribution in [-0.2, 0) is 0 Å². The van der Waals surface area contributed by atoms with E-state index in [0.717, 1.165) is 18.6 Å². The second kappa shape index (κ2) is 6.41. The molecule has 1 nitrogen and oxygen atoms in total. The third-order valence-corrected chi connectivity index (χ3v) is 1.72. The molecule has 0 saturated carbocycles. The molecule has 0 aliphatic carbocycles. The quantitative estimate of drug-likeness (QED) is 0.374. The number of allylic oxidation sites excluding steroid dienone is 5. The molecule has 0 aliphatic heterocycles. The first kappa shape index (κ1) is 11.9. The van der Waals surface area contributed by atoms with Crippen molar-refractivity contribution >= 4 is 5.71 Å². The Morgan fingerprint density at radius 1 is 1.23 bits per heavy atom. The lowest BCUT2D eigenvalue weighted by molar-refractivity contribution is 1.13. The highest BCUT2D eigenvalue weighted by Crippen LogP contribution is 2.07. The predicted molar refractivity (Wildman–Crippen MR) is 60.3 cm³/mol. The van der Waals surface area contributed by atoms with Crippen LogP contribution in [0.25, 0.3) is 0 Å². The second-order valence-electron chi connectivity index (χ2n) is 3.46. The fourth-order valence-corrected chi connectivity index (χ4v) is 1.09. The minimum atomic E-state index is 0.721. The Bertz CT molecular complexity index is 244. The minimum absolute atomic E-state index is 0.721. The van der Waals surface area contributed by atoms with Gasteiger partial charge in [-0.15, -0.1) is 0 Å². The zero-order chi connectivity index (χ0) is 10.3. The van der Waals surface area contributed by atoms with Crippen molar-refractivity contribution in [3.63, 3.8) is 0 Å². The molecular formula is C12H19N. The van der Waals surface area contributed by atoms with Crippen LogP contribution in [0.3, 0.4) is 0 Å². The molecule has 0 aromatic carbocycles. The third-order valence-electron chi connectivity index (χ3n) is 1.72. The van der Waals surface area contributed by atoms with Gasteiger partial charge in [-0.1, -0.05) is 36.0 Å². The fraction of sp³-hybridized carbons (Fsp3) is 0.417. The summed E-state index contributed by atoms with van der Waals surface area (Å²) >= 11 is 0. The summed E-state index contributed by atoms with van der Waals surface area (Å²) in [4.78, 5) is 0. The Balaban J connectivity index is 4.03. The predicted octanol–water partition coefficient (Wildman–Crippen LogP) is 3.88. The van der Waals surface area contributed by atoms with Crippen LogP contribution in [0.4, 0.5) is 0 Å². The molecule has 0 bridgehead atoms. The number of rotatable bonds is 5. The summed E-state index contributed by atoms with van der Waals surface area (Å²) in [7, 11) is 0. The van der Waals surface area contributed by atoms with E-state index in [2.05, 4.69) is 26.5 Å². The number of nitrogens with one attached hydrogen (secondary N) is 1. The van der Waals surface area contributed by atoms with Gasteiger partial charge in [-0.25, -0.2) is 0 Å². The van der Waals surface area contributed by atoms with Crippen molar-refractivity contribution in [3.05, 3.63) is 36.0 Å². The van der Waals surface area contributed by atoms with Gasteiger partial charge in [0.15, 0.2) is 0 Å². The van der Waals surface area contributed by atoms with Crippen molar-refractivity contribution in [1.29, 1.82) is 5.41 Å². The maximum absolute atomic E-state index is 7.32. The molecule has 0 saturated heterocycles. The monoisotopic (exact) mass is 177 g/mol. The Morgan fingerprint density at radius 3 is 2.31 bits per heavy atom. The van der Waals surface area contributed by atoms with Crippen LogP contribution in [-0.4, -0.2) is 5.71 Å². The van der Waals surface area contributed by atoms with Crippen molar-refractivity contribution in [2.75, 3.05) is 0 Å². The van der Waals surface area contributed by atoms with E-state index >= 15 is 0 Å². The lowest BCUT2D eigenvalue weighted by atomic mass is 10.1. The summed E-state index contributed by atoms with van der Waals surface area (Å²) in [6.45, 7) is 9.64. The van der Waals surface area contributed by atoms with Gasteiger partial charge in [0, 0.05) is 12.1 Å². The molecular weight excluding hydrogens is 158 g/mol. The molecule has 0 aromatic rings. The molecule has 0 radical (unpaired) electrons. The normalized spacial score (nSPS) is 12.8. The Morgan fingerprint density at radius 2 is 1.85 bits per heavy atom. The SMILES string of the molecule is C=CC=C(C)C/C=C(\C)CC(C)=N. The zero-order valence-electron chi connectivity index (χ0n) is 8.85. The maximum atomic E-state index is 7.32. The summed E-state index contributed by atoms with van der Waals surface area (Å²) in [6, 6.07) is 0. The standard InChI is InChI=1S/C12H19N/c1-5-6-10(2)7-8-11(3)9-12(4)13/h5-6,8,13H,1,7,9H2,2-4H3/b10-6?,11-8+,13-12?. The van der Waals surface area contributed by atoms with E-state index in [1.807, 2.05) is 13.0 Å². The summed E-state index contributed by atoms with van der Waals surface area (Å²) in [5.74, 6) is 0. The molecule has 0 fully saturated rings. The molecule has 0 spiro atoms. The maximum Gasteiger partial charge on any atom is 0.00984 e. The molecule has 0 aliphatic rings. The van der Waals surface area contributed by atoms with Crippen molar-refractivity contribution in [2.45, 2.75) is 33.6 Å². The lowest BCUT2D eigenvalue weighted by Gasteiger charge is -1.99. The second-order valence-corrected chi connectivity index (χ2v) is 3.46. The summed E-state index contributed by atoms with van der Waals surface area (Å²) < 4.78 is 0. The fourth-order valence-electron chi connectivity index (χ4n) is 1.09. The van der Waals surface area contributed by atoms with Crippen LogP contribution in [0.2, 0.25) is 0 Å². The van der Waals surface area contributed by atoms with Crippen LogP contribution < -0.4 is 0 Å². The highest BCUT2D eigenvalue weighted by molar-refractivity contribution is 5.80. The smallest absolute Gasteiger partial charge is 0.00984 e. The van der Waals surface area contributed by atoms with Crippen molar-refractivity contribution < 1.29 is 0 Å². The van der Waals surface area contributed by atoms with E-state index in [-0.39, 0.29) is 0 Å². The van der Waals surface area contributed by atoms with Crippen molar-refractivity contribution in [1.82, 2.24) is 0 Å². The molecule has 72 valence electrons. The van der Waals surface area contributed by atoms with Gasteiger partial charge in [0.2, 0.25) is 0 Å². The molecule has 0 rings (SSSR count). The molecule has 1 heteroatoms. The van der Waals surface area contributed by atoms with E-state index in [1.54, 1.807) is 6.08 Å². The van der Waals surface area contributed by atoms with Crippen LogP contribution >= 0.6 is 0 Å². The molecule has 13 heavy (non-hydrogen) atoms. The van der Waals surface area contributed by atoms with E-state index in [1.165, 1.54) is 11.1 Å². The topological polar surface area (TPSA) is 23.9 Å². The molecule has 0 heterocycles. The van der Waals surface area contributed by atoms with Gasteiger partial charge in [-0.05, 0) is 27.2 Å². The van der Waals surface area contributed by atoms with Crippen LogP contribution in [0.15, 0.2) is 36.0 Å². The minimum Gasteiger partial charge on any atom is -0.310 e. The van der Waals surface area contributed by atoms with Crippen molar-refractivity contribution in [3.8, 4) is 0 Å². The van der Waals surface area contributed by atoms with Gasteiger partial charge in [-0.2, -0.15) is 0 Å². The molecule has 0 atom stereocenters. The van der Waals surface area contributed by atoms with Gasteiger partial charge < -0.3 is 5.41 Å². The highest BCUT2D eigenvalue weighted by atomic mass is 14.4. The Hall–Kier alpha value is -1.11. The number of hydrogen-bond donors (Lipinski definition) is 1. The summed E-state index contributed by atoms with van der Waals surface area (Å²) in [6.07, 6.45) is 7.75. The summed E-state index contributed by atoms with van der Waals surface area (Å²) in [5, 5.41) is 7.32. The van der Waals surface area contributed by atoms with Gasteiger partial charge in [-0.3, -0.25) is 0 Å². The Labute approximate surface area is 81.4 Å². The van der Waals surface area contributed by atoms with Gasteiger partial charge in [0.05, 0.1) is 0 Å². The van der Waals surface area contributed by atoms with Gasteiger partial charge in [0.25, 0.3) is 0 Å². The first-order chi connectivity index (χ1) is 6.06. The average molecular weight is 177 g/mol.